The van der Waals surface area contributed by atoms with E-state index in [0.29, 0.717) is 18.7 Å². The number of hydrogen-bond donors (Lipinski definition) is 2. The predicted molar refractivity (Wildman–Crippen MR) is 155 cm³/mol. The number of likely N-dealkylation sites (tertiary alicyclic amines) is 1. The van der Waals surface area contributed by atoms with Gasteiger partial charge >= 0.3 is 0 Å². The van der Waals surface area contributed by atoms with Gasteiger partial charge in [-0.2, -0.15) is 5.10 Å². The summed E-state index contributed by atoms with van der Waals surface area (Å²) in [6, 6.07) is 10.3. The van der Waals surface area contributed by atoms with Gasteiger partial charge in [0.15, 0.2) is 5.65 Å². The van der Waals surface area contributed by atoms with Gasteiger partial charge in [-0.3, -0.25) is 15.0 Å². The lowest BCUT2D eigenvalue weighted by Crippen LogP contribution is -2.26. The Morgan fingerprint density at radius 2 is 2.08 bits per heavy atom. The number of nitrogens with one attached hydrogen (secondary N) is 2. The van der Waals surface area contributed by atoms with Crippen molar-refractivity contribution in [2.24, 2.45) is 0 Å². The number of hydrogen-bond acceptors (Lipinski definition) is 5. The lowest BCUT2D eigenvalue weighted by molar-refractivity contribution is 0.0131. The van der Waals surface area contributed by atoms with Crippen molar-refractivity contribution in [1.29, 1.82) is 0 Å². The Bertz CT molecular complexity index is 1760. The summed E-state index contributed by atoms with van der Waals surface area (Å²) in [6.07, 6.45) is 9.24. The first-order chi connectivity index (χ1) is 18.8. The summed E-state index contributed by atoms with van der Waals surface area (Å²) in [5, 5.41) is 9.52. The van der Waals surface area contributed by atoms with Crippen LogP contribution in [-0.4, -0.2) is 55.6 Å². The van der Waals surface area contributed by atoms with Crippen LogP contribution < -0.4 is 0 Å². The number of halogens is 2. The van der Waals surface area contributed by atoms with E-state index in [1.165, 1.54) is 4.88 Å². The first kappa shape index (κ1) is 25.3. The molecular weight excluding hydrogens is 514 g/mol. The van der Waals surface area contributed by atoms with E-state index in [0.717, 1.165) is 55.0 Å². The van der Waals surface area contributed by atoms with Crippen molar-refractivity contribution >= 4 is 38.8 Å². The quantitative estimate of drug-likeness (QED) is 0.210. The Labute approximate surface area is 228 Å². The molecule has 1 aliphatic heterocycles. The second-order valence-electron chi connectivity index (χ2n) is 9.89. The van der Waals surface area contributed by atoms with Crippen LogP contribution in [0.2, 0.25) is 0 Å². The van der Waals surface area contributed by atoms with Gasteiger partial charge in [0, 0.05) is 58.6 Å². The highest BCUT2D eigenvalue weighted by Crippen LogP contribution is 2.36. The van der Waals surface area contributed by atoms with Gasteiger partial charge < -0.3 is 4.98 Å². The average Bonchev–Trinajstić information content (AvgIpc) is 3.71. The number of aromatic amines is 2. The molecule has 2 N–H and O–H groups in total. The Balaban J connectivity index is 1.35. The number of allylic oxidation sites excluding steroid dienone is 3. The summed E-state index contributed by atoms with van der Waals surface area (Å²) < 4.78 is 27.4. The van der Waals surface area contributed by atoms with Crippen LogP contribution in [-0.2, 0) is 0 Å². The molecule has 5 aromatic heterocycles. The minimum absolute atomic E-state index is 0.101. The van der Waals surface area contributed by atoms with Crippen LogP contribution in [0.15, 0.2) is 73.1 Å². The molecule has 0 bridgehead atoms. The Kier molecular flexibility index (Phi) is 6.48. The molecule has 198 valence electrons. The SMILES string of the molecule is C=C/C(=C\C(=C/C)c1cnc2n[nH]c(-c3cc4c(-c5ccc(C)s5)nccc4[nH]3)c2c1)CN1CCC(F)(F)C1. The van der Waals surface area contributed by atoms with E-state index < -0.39 is 5.92 Å². The Morgan fingerprint density at radius 1 is 1.21 bits per heavy atom. The highest BCUT2D eigenvalue weighted by atomic mass is 32.1. The summed E-state index contributed by atoms with van der Waals surface area (Å²) >= 11 is 1.72. The average molecular weight is 543 g/mol. The van der Waals surface area contributed by atoms with Crippen LogP contribution in [0.4, 0.5) is 8.78 Å². The van der Waals surface area contributed by atoms with Crippen molar-refractivity contribution in [3.63, 3.8) is 0 Å². The van der Waals surface area contributed by atoms with Gasteiger partial charge in [0.05, 0.1) is 28.5 Å². The van der Waals surface area contributed by atoms with E-state index in [9.17, 15) is 8.78 Å². The Hall–Kier alpha value is -3.95. The van der Waals surface area contributed by atoms with Crippen molar-refractivity contribution in [3.8, 4) is 22.0 Å². The van der Waals surface area contributed by atoms with Crippen LogP contribution in [0.25, 0.3) is 49.5 Å². The lowest BCUT2D eigenvalue weighted by Gasteiger charge is -2.16. The highest BCUT2D eigenvalue weighted by molar-refractivity contribution is 7.15. The molecule has 0 amide bonds. The van der Waals surface area contributed by atoms with Gasteiger partial charge in [-0.1, -0.05) is 24.8 Å². The summed E-state index contributed by atoms with van der Waals surface area (Å²) in [5.74, 6) is -2.62. The molecule has 0 unspecified atom stereocenters. The van der Waals surface area contributed by atoms with Gasteiger partial charge in [-0.15, -0.1) is 11.3 Å². The fraction of sp³-hybridized carbons (Fsp3) is 0.233. The van der Waals surface area contributed by atoms with E-state index in [4.69, 9.17) is 0 Å². The molecule has 39 heavy (non-hydrogen) atoms. The van der Waals surface area contributed by atoms with Crippen molar-refractivity contribution in [3.05, 3.63) is 83.5 Å². The number of alkyl halides is 2. The topological polar surface area (TPSA) is 73.5 Å². The number of fused-ring (bicyclic) bond motifs is 2. The smallest absolute Gasteiger partial charge is 0.261 e. The van der Waals surface area contributed by atoms with Crippen LogP contribution in [0, 0.1) is 6.92 Å². The van der Waals surface area contributed by atoms with Gasteiger partial charge in [0.2, 0.25) is 0 Å². The molecule has 9 heteroatoms. The zero-order valence-corrected chi connectivity index (χ0v) is 22.6. The molecule has 0 aliphatic carbocycles. The minimum Gasteiger partial charge on any atom is -0.353 e. The zero-order valence-electron chi connectivity index (χ0n) is 21.8. The molecule has 0 atom stereocenters. The number of rotatable bonds is 7. The summed E-state index contributed by atoms with van der Waals surface area (Å²) in [5.41, 5.74) is 7.02. The summed E-state index contributed by atoms with van der Waals surface area (Å²) in [4.78, 5) is 16.9. The van der Waals surface area contributed by atoms with E-state index in [2.05, 4.69) is 62.9 Å². The molecule has 1 aliphatic rings. The van der Waals surface area contributed by atoms with Crippen molar-refractivity contribution < 1.29 is 8.78 Å². The number of aromatic nitrogens is 5. The monoisotopic (exact) mass is 542 g/mol. The van der Waals surface area contributed by atoms with Crippen molar-refractivity contribution in [1.82, 2.24) is 30.0 Å². The fourth-order valence-corrected chi connectivity index (χ4v) is 5.99. The second kappa shape index (κ2) is 9.98. The molecule has 6 rings (SSSR count). The molecule has 0 saturated carbocycles. The number of nitrogens with zero attached hydrogens (tertiary/aromatic N) is 4. The maximum absolute atomic E-state index is 13.7. The van der Waals surface area contributed by atoms with Gasteiger partial charge in [-0.05, 0) is 55.3 Å². The molecule has 0 aromatic carbocycles. The van der Waals surface area contributed by atoms with Crippen molar-refractivity contribution in [2.45, 2.75) is 26.2 Å². The maximum atomic E-state index is 13.7. The van der Waals surface area contributed by atoms with Gasteiger partial charge in [0.25, 0.3) is 5.92 Å². The van der Waals surface area contributed by atoms with Gasteiger partial charge in [0.1, 0.15) is 0 Å². The third-order valence-electron chi connectivity index (χ3n) is 7.10. The van der Waals surface area contributed by atoms with E-state index in [1.54, 1.807) is 28.5 Å². The van der Waals surface area contributed by atoms with Crippen LogP contribution in [0.3, 0.4) is 0 Å². The zero-order chi connectivity index (χ0) is 27.1. The van der Waals surface area contributed by atoms with Gasteiger partial charge in [-0.25, -0.2) is 13.8 Å². The van der Waals surface area contributed by atoms with Crippen LogP contribution in [0.5, 0.6) is 0 Å². The number of pyridine rings is 2. The number of H-pyrrole nitrogens is 2. The molecule has 6 nitrogen and oxygen atoms in total. The van der Waals surface area contributed by atoms with Crippen molar-refractivity contribution in [2.75, 3.05) is 19.6 Å². The summed E-state index contributed by atoms with van der Waals surface area (Å²) in [6.45, 7) is 8.55. The van der Waals surface area contributed by atoms with E-state index >= 15 is 0 Å². The first-order valence-electron chi connectivity index (χ1n) is 12.8. The molecule has 5 aromatic rings. The molecule has 0 radical (unpaired) electrons. The lowest BCUT2D eigenvalue weighted by atomic mass is 10.0. The van der Waals surface area contributed by atoms with E-state index in [1.807, 2.05) is 31.3 Å². The molecule has 6 heterocycles. The van der Waals surface area contributed by atoms with Crippen LogP contribution >= 0.6 is 11.3 Å². The normalized spacial score (nSPS) is 16.5. The Morgan fingerprint density at radius 3 is 2.79 bits per heavy atom. The largest absolute Gasteiger partial charge is 0.353 e. The first-order valence-corrected chi connectivity index (χ1v) is 13.6. The number of aryl methyl sites for hydroxylation is 1. The predicted octanol–water partition coefficient (Wildman–Crippen LogP) is 7.39. The molecule has 1 saturated heterocycles. The third-order valence-corrected chi connectivity index (χ3v) is 8.11. The maximum Gasteiger partial charge on any atom is 0.261 e. The molecule has 1 fully saturated rings. The minimum atomic E-state index is -2.62. The summed E-state index contributed by atoms with van der Waals surface area (Å²) in [7, 11) is 0. The molecular formula is C30H28F2N6S. The standard InChI is InChI=1S/C30H28F2N6S/c1-4-19(16-38-11-9-30(31,32)17-38)12-20(5-2)21-13-23-27(36-37-29(23)34-15-21)25-14-22-24(35-25)8-10-33-28(22)26-7-6-18(3)39-26/h4-8,10,12-15,35H,1,9,11,16-17H2,2-3H3,(H,34,36,37)/b19-12+,20-5+. The number of thiophene rings is 1. The highest BCUT2D eigenvalue weighted by Gasteiger charge is 2.37. The second-order valence-corrected chi connectivity index (χ2v) is 11.2. The third kappa shape index (κ3) is 4.95. The van der Waals surface area contributed by atoms with E-state index in [-0.39, 0.29) is 13.0 Å². The van der Waals surface area contributed by atoms with Crippen LogP contribution in [0.1, 0.15) is 23.8 Å². The molecule has 0 spiro atoms. The fourth-order valence-electron chi connectivity index (χ4n) is 5.11.